The van der Waals surface area contributed by atoms with Crippen molar-refractivity contribution >= 4 is 24.0 Å². The molecule has 0 saturated carbocycles. The summed E-state index contributed by atoms with van der Waals surface area (Å²) in [7, 11) is 2.91. The Morgan fingerprint density at radius 3 is 2.02 bits per heavy atom. The van der Waals surface area contributed by atoms with Crippen LogP contribution in [0.1, 0.15) is 66.7 Å². The second-order valence-electron chi connectivity index (χ2n) is 13.8. The van der Waals surface area contributed by atoms with Gasteiger partial charge >= 0.3 is 12.2 Å². The number of carboxylic acid groups (broad SMARTS) is 1. The van der Waals surface area contributed by atoms with Crippen LogP contribution in [0.3, 0.4) is 0 Å². The second kappa shape index (κ2) is 17.2. The number of nitrogens with one attached hydrogen (secondary N) is 4. The lowest BCUT2D eigenvalue weighted by molar-refractivity contribution is -0.135. The second-order valence-corrected chi connectivity index (χ2v) is 13.8. The number of imidazole rings is 2. The van der Waals surface area contributed by atoms with Crippen molar-refractivity contribution in [3.8, 4) is 33.9 Å². The molecule has 0 radical (unpaired) electrons. The minimum Gasteiger partial charge on any atom is -0.465 e. The summed E-state index contributed by atoms with van der Waals surface area (Å²) >= 11 is 0. The van der Waals surface area contributed by atoms with Gasteiger partial charge in [-0.05, 0) is 36.5 Å². The van der Waals surface area contributed by atoms with Crippen molar-refractivity contribution in [3.63, 3.8) is 0 Å². The SMILES string of the molecule is COC(=O)N[C@@H](C(=O)N(C)[C@@H](C)c1ncc(-c2ccc(-c3ncc(-c4cnc([C@@H]5CCCN5C(=O)[C@H](NC(=O)O)c5ccccc5)[nH]4)cn3)cc2)[nH]1)c1ccccc1. The Morgan fingerprint density at radius 2 is 1.38 bits per heavy atom. The van der Waals surface area contributed by atoms with Crippen molar-refractivity contribution in [2.75, 3.05) is 20.7 Å². The molecule has 5 N–H and O–H groups in total. The minimum absolute atomic E-state index is 0.331. The molecule has 3 aromatic carbocycles. The van der Waals surface area contributed by atoms with Gasteiger partial charge in [0, 0.05) is 37.1 Å². The molecule has 3 aromatic heterocycles. The number of likely N-dealkylation sites (N-methyl/N-ethyl adjacent to an activating group) is 1. The quantitative estimate of drug-likeness (QED) is 0.0947. The zero-order chi connectivity index (χ0) is 40.8. The Hall–Kier alpha value is -7.36. The fraction of sp³-hybridized carbons (Fsp3) is 0.238. The van der Waals surface area contributed by atoms with E-state index in [0.717, 1.165) is 23.2 Å². The summed E-state index contributed by atoms with van der Waals surface area (Å²) in [5.74, 6) is 1.03. The van der Waals surface area contributed by atoms with Gasteiger partial charge in [-0.3, -0.25) is 9.59 Å². The number of aromatic amines is 2. The maximum absolute atomic E-state index is 13.7. The van der Waals surface area contributed by atoms with Gasteiger partial charge < -0.3 is 40.2 Å². The fourth-order valence-corrected chi connectivity index (χ4v) is 6.99. The molecule has 0 unspecified atom stereocenters. The van der Waals surface area contributed by atoms with Crippen LogP contribution in [0, 0.1) is 0 Å². The van der Waals surface area contributed by atoms with Crippen LogP contribution in [0.25, 0.3) is 33.9 Å². The van der Waals surface area contributed by atoms with Gasteiger partial charge in [0.1, 0.15) is 23.7 Å². The van der Waals surface area contributed by atoms with Crippen molar-refractivity contribution in [2.24, 2.45) is 0 Å². The zero-order valence-electron chi connectivity index (χ0n) is 32.0. The highest BCUT2D eigenvalue weighted by molar-refractivity contribution is 5.88. The molecule has 0 spiro atoms. The molecule has 16 nitrogen and oxygen atoms in total. The van der Waals surface area contributed by atoms with Gasteiger partial charge in [-0.15, -0.1) is 0 Å². The highest BCUT2D eigenvalue weighted by Gasteiger charge is 2.37. The number of alkyl carbamates (subject to hydrolysis) is 1. The fourth-order valence-electron chi connectivity index (χ4n) is 6.99. The number of methoxy groups -OCH3 is 1. The molecule has 1 fully saturated rings. The molecule has 7 rings (SSSR count). The van der Waals surface area contributed by atoms with Gasteiger partial charge in [0.2, 0.25) is 5.91 Å². The van der Waals surface area contributed by atoms with E-state index in [4.69, 9.17) is 4.74 Å². The van der Waals surface area contributed by atoms with Gasteiger partial charge in [0.15, 0.2) is 5.82 Å². The highest BCUT2D eigenvalue weighted by Crippen LogP contribution is 2.34. The number of nitrogens with zero attached hydrogens (tertiary/aromatic N) is 6. The summed E-state index contributed by atoms with van der Waals surface area (Å²) < 4.78 is 4.76. The number of benzene rings is 3. The van der Waals surface area contributed by atoms with Gasteiger partial charge in [-0.1, -0.05) is 84.9 Å². The molecule has 58 heavy (non-hydrogen) atoms. The lowest BCUT2D eigenvalue weighted by Crippen LogP contribution is -2.42. The monoisotopic (exact) mass is 782 g/mol. The van der Waals surface area contributed by atoms with E-state index in [9.17, 15) is 24.3 Å². The van der Waals surface area contributed by atoms with Crippen molar-refractivity contribution in [1.82, 2.24) is 50.3 Å². The number of carbonyl (C=O) groups is 4. The number of H-pyrrole nitrogens is 2. The third-order valence-corrected chi connectivity index (χ3v) is 10.3. The van der Waals surface area contributed by atoms with Crippen molar-refractivity contribution in [1.29, 1.82) is 0 Å². The van der Waals surface area contributed by atoms with E-state index in [-0.39, 0.29) is 17.9 Å². The topological polar surface area (TPSA) is 211 Å². The lowest BCUT2D eigenvalue weighted by Gasteiger charge is -2.28. The molecular formula is C42H42N10O6. The number of hydrogen-bond acceptors (Lipinski definition) is 9. The predicted octanol–water partition coefficient (Wildman–Crippen LogP) is 6.21. The average Bonchev–Trinajstić information content (AvgIpc) is 4.07. The molecule has 4 heterocycles. The van der Waals surface area contributed by atoms with E-state index in [1.165, 1.54) is 12.0 Å². The summed E-state index contributed by atoms with van der Waals surface area (Å²) in [5, 5.41) is 14.5. The number of rotatable bonds is 12. The lowest BCUT2D eigenvalue weighted by atomic mass is 10.1. The Balaban J connectivity index is 1.00. The molecule has 4 atom stereocenters. The van der Waals surface area contributed by atoms with Crippen LogP contribution in [-0.4, -0.2) is 89.5 Å². The number of carbonyl (C=O) groups excluding carboxylic acids is 3. The molecule has 16 heteroatoms. The predicted molar refractivity (Wildman–Crippen MR) is 213 cm³/mol. The maximum Gasteiger partial charge on any atom is 0.407 e. The molecule has 6 aromatic rings. The van der Waals surface area contributed by atoms with Crippen LogP contribution < -0.4 is 10.6 Å². The third-order valence-electron chi connectivity index (χ3n) is 10.3. The maximum atomic E-state index is 13.7. The number of hydrogen-bond donors (Lipinski definition) is 5. The molecular weight excluding hydrogens is 741 g/mol. The summed E-state index contributed by atoms with van der Waals surface area (Å²) in [6, 6.07) is 22.7. The first-order valence-corrected chi connectivity index (χ1v) is 18.6. The number of likely N-dealkylation sites (tertiary alicyclic amines) is 1. The normalized spacial score (nSPS) is 15.2. The van der Waals surface area contributed by atoms with Crippen LogP contribution in [0.15, 0.2) is 110 Å². The first-order valence-electron chi connectivity index (χ1n) is 18.6. The summed E-state index contributed by atoms with van der Waals surface area (Å²) in [6.45, 7) is 2.33. The Labute approximate surface area is 333 Å². The third kappa shape index (κ3) is 8.40. The molecule has 0 aliphatic carbocycles. The molecule has 0 bridgehead atoms. The Bertz CT molecular complexity index is 2370. The van der Waals surface area contributed by atoms with Crippen molar-refractivity contribution < 1.29 is 29.0 Å². The molecule has 4 amide bonds. The van der Waals surface area contributed by atoms with Crippen LogP contribution in [-0.2, 0) is 14.3 Å². The molecule has 1 aliphatic rings. The largest absolute Gasteiger partial charge is 0.465 e. The van der Waals surface area contributed by atoms with Gasteiger partial charge in [0.25, 0.3) is 5.91 Å². The zero-order valence-corrected chi connectivity index (χ0v) is 32.0. The van der Waals surface area contributed by atoms with Gasteiger partial charge in [0.05, 0.1) is 43.0 Å². The van der Waals surface area contributed by atoms with Crippen LogP contribution in [0.4, 0.5) is 9.59 Å². The van der Waals surface area contributed by atoms with Gasteiger partial charge in [-0.25, -0.2) is 29.5 Å². The van der Waals surface area contributed by atoms with E-state index in [0.29, 0.717) is 52.8 Å². The molecule has 1 aliphatic heterocycles. The molecule has 296 valence electrons. The van der Waals surface area contributed by atoms with E-state index in [1.807, 2.05) is 43.3 Å². The minimum atomic E-state index is -1.28. The average molecular weight is 783 g/mol. The number of amides is 4. The first-order chi connectivity index (χ1) is 28.1. The first kappa shape index (κ1) is 38.9. The van der Waals surface area contributed by atoms with Crippen LogP contribution in [0.2, 0.25) is 0 Å². The van der Waals surface area contributed by atoms with E-state index in [1.54, 1.807) is 85.3 Å². The number of ether oxygens (including phenoxy) is 1. The smallest absolute Gasteiger partial charge is 0.407 e. The summed E-state index contributed by atoms with van der Waals surface area (Å²) in [6.07, 6.45) is 6.24. The van der Waals surface area contributed by atoms with E-state index >= 15 is 0 Å². The van der Waals surface area contributed by atoms with Crippen molar-refractivity contribution in [2.45, 2.75) is 43.9 Å². The Kier molecular flexibility index (Phi) is 11.5. The standard InChI is InChI=1S/C42H42N10O6/c1-25(51(2)39(53)34(50-42(57)58-3)27-11-6-4-7-12-27)36-45-23-31(47-36)26-16-18-29(19-17-26)37-43-21-30(22-44-37)32-24-46-38(48-32)33-15-10-20-52(33)40(54)35(49-41(55)56)28-13-8-5-9-14-28/h4-9,11-14,16-19,21-25,33-35,49H,10,15,20H2,1-3H3,(H,45,47)(H,46,48)(H,50,57)(H,55,56)/t25-,33-,34+,35+/m0/s1. The van der Waals surface area contributed by atoms with E-state index in [2.05, 4.69) is 40.5 Å². The van der Waals surface area contributed by atoms with Gasteiger partial charge in [-0.2, -0.15) is 0 Å². The molecule has 1 saturated heterocycles. The summed E-state index contributed by atoms with van der Waals surface area (Å²) in [4.78, 5) is 79.2. The van der Waals surface area contributed by atoms with Crippen LogP contribution in [0.5, 0.6) is 0 Å². The number of aromatic nitrogens is 6. The summed E-state index contributed by atoms with van der Waals surface area (Å²) in [5.41, 5.74) is 5.01. The van der Waals surface area contributed by atoms with E-state index < -0.39 is 30.3 Å². The Morgan fingerprint density at radius 1 is 0.776 bits per heavy atom. The highest BCUT2D eigenvalue weighted by atomic mass is 16.5. The van der Waals surface area contributed by atoms with Crippen molar-refractivity contribution in [3.05, 3.63) is 132 Å². The van der Waals surface area contributed by atoms with Crippen LogP contribution >= 0.6 is 0 Å².